The number of ether oxygens (including phenoxy) is 2. The molecule has 0 unspecified atom stereocenters. The molecule has 0 spiro atoms. The predicted octanol–water partition coefficient (Wildman–Crippen LogP) is 2.78. The van der Waals surface area contributed by atoms with E-state index in [2.05, 4.69) is 6.07 Å². The lowest BCUT2D eigenvalue weighted by Crippen LogP contribution is -2.06. The van der Waals surface area contributed by atoms with Crippen LogP contribution < -0.4 is 4.74 Å². The van der Waals surface area contributed by atoms with Gasteiger partial charge in [-0.2, -0.15) is 0 Å². The number of methoxy groups -OCH3 is 1. The van der Waals surface area contributed by atoms with Gasteiger partial charge in [-0.25, -0.2) is 0 Å². The summed E-state index contributed by atoms with van der Waals surface area (Å²) in [5, 5.41) is 0.664. The third kappa shape index (κ3) is 2.63. The third-order valence-electron chi connectivity index (χ3n) is 1.93. The maximum absolute atomic E-state index is 6.09. The van der Waals surface area contributed by atoms with Crippen molar-refractivity contribution >= 4 is 11.6 Å². The first-order chi connectivity index (χ1) is 6.66. The molecule has 77 valence electrons. The molecule has 0 fully saturated rings. The molecule has 0 saturated heterocycles. The zero-order valence-corrected chi connectivity index (χ0v) is 9.44. The summed E-state index contributed by atoms with van der Waals surface area (Å²) in [6.07, 6.45) is 0. The van der Waals surface area contributed by atoms with E-state index in [1.54, 1.807) is 7.11 Å². The van der Waals surface area contributed by atoms with E-state index in [4.69, 9.17) is 21.1 Å². The minimum atomic E-state index is 0.508. The molecule has 0 saturated carbocycles. The van der Waals surface area contributed by atoms with Crippen molar-refractivity contribution in [1.29, 1.82) is 0 Å². The number of benzene rings is 1. The van der Waals surface area contributed by atoms with Gasteiger partial charge in [0, 0.05) is 12.7 Å². The first-order valence-corrected chi connectivity index (χ1v) is 4.83. The quantitative estimate of drug-likeness (QED) is 0.717. The second kappa shape index (κ2) is 5.23. The minimum absolute atomic E-state index is 0.508. The number of hydrogen-bond donors (Lipinski definition) is 0. The molecule has 0 bridgehead atoms. The molecule has 0 aliphatic carbocycles. The molecule has 0 aliphatic heterocycles. The molecule has 1 aromatic rings. The summed E-state index contributed by atoms with van der Waals surface area (Å²) in [4.78, 5) is 0. The summed E-state index contributed by atoms with van der Waals surface area (Å²) in [6.45, 7) is 4.92. The van der Waals surface area contributed by atoms with Crippen LogP contribution in [-0.4, -0.2) is 20.3 Å². The number of halogens is 1. The van der Waals surface area contributed by atoms with Crippen LogP contribution in [0.4, 0.5) is 0 Å². The molecular formula is C11H14ClO2. The van der Waals surface area contributed by atoms with E-state index in [-0.39, 0.29) is 0 Å². The Morgan fingerprint density at radius 3 is 2.71 bits per heavy atom. The van der Waals surface area contributed by atoms with Crippen LogP contribution in [-0.2, 0) is 4.74 Å². The smallest absolute Gasteiger partial charge is 0.141 e. The standard InChI is InChI=1S/C11H14ClO2/c1-8-4-5-9(2)11(10(8)12)14-7-6-13-3/h4H,6-7H2,1-3H3. The zero-order chi connectivity index (χ0) is 10.6. The summed E-state index contributed by atoms with van der Waals surface area (Å²) in [5.41, 5.74) is 1.90. The molecule has 0 heterocycles. The zero-order valence-electron chi connectivity index (χ0n) is 8.69. The molecule has 0 aromatic heterocycles. The molecule has 1 radical (unpaired) electrons. The SMILES string of the molecule is COCCOc1c(C)[c]cc(C)c1Cl. The topological polar surface area (TPSA) is 18.5 Å². The van der Waals surface area contributed by atoms with E-state index < -0.39 is 0 Å². The Bertz CT molecular complexity index is 310. The second-order valence-corrected chi connectivity index (χ2v) is 3.46. The van der Waals surface area contributed by atoms with Crippen LogP contribution in [0.1, 0.15) is 11.1 Å². The highest BCUT2D eigenvalue weighted by Gasteiger charge is 2.07. The Balaban J connectivity index is 2.79. The number of hydrogen-bond acceptors (Lipinski definition) is 2. The van der Waals surface area contributed by atoms with Gasteiger partial charge in [0.1, 0.15) is 12.4 Å². The van der Waals surface area contributed by atoms with Crippen molar-refractivity contribution in [2.45, 2.75) is 13.8 Å². The van der Waals surface area contributed by atoms with Gasteiger partial charge in [-0.3, -0.25) is 0 Å². The molecule has 0 amide bonds. The van der Waals surface area contributed by atoms with Crippen molar-refractivity contribution in [2.75, 3.05) is 20.3 Å². The summed E-state index contributed by atoms with van der Waals surface area (Å²) >= 11 is 6.09. The van der Waals surface area contributed by atoms with E-state index in [0.717, 1.165) is 11.1 Å². The second-order valence-electron chi connectivity index (χ2n) is 3.08. The average molecular weight is 214 g/mol. The van der Waals surface area contributed by atoms with E-state index >= 15 is 0 Å². The summed E-state index contributed by atoms with van der Waals surface area (Å²) < 4.78 is 10.4. The van der Waals surface area contributed by atoms with E-state index in [1.807, 2.05) is 19.9 Å². The van der Waals surface area contributed by atoms with Crippen LogP contribution in [0.2, 0.25) is 5.02 Å². The molecule has 1 rings (SSSR count). The highest BCUT2D eigenvalue weighted by atomic mass is 35.5. The normalized spacial score (nSPS) is 10.3. The van der Waals surface area contributed by atoms with Gasteiger partial charge in [0.25, 0.3) is 0 Å². The lowest BCUT2D eigenvalue weighted by Gasteiger charge is -2.11. The Labute approximate surface area is 89.8 Å². The average Bonchev–Trinajstić information content (AvgIpc) is 2.18. The third-order valence-corrected chi connectivity index (χ3v) is 2.39. The number of aryl methyl sites for hydroxylation is 2. The molecule has 0 N–H and O–H groups in total. The maximum Gasteiger partial charge on any atom is 0.141 e. The predicted molar refractivity (Wildman–Crippen MR) is 57.1 cm³/mol. The van der Waals surface area contributed by atoms with Crippen LogP contribution in [0.25, 0.3) is 0 Å². The van der Waals surface area contributed by atoms with Crippen LogP contribution in [0.15, 0.2) is 6.07 Å². The van der Waals surface area contributed by atoms with Crippen molar-refractivity contribution < 1.29 is 9.47 Å². The van der Waals surface area contributed by atoms with E-state index in [1.165, 1.54) is 0 Å². The maximum atomic E-state index is 6.09. The first kappa shape index (κ1) is 11.3. The van der Waals surface area contributed by atoms with Crippen molar-refractivity contribution in [3.63, 3.8) is 0 Å². The lowest BCUT2D eigenvalue weighted by molar-refractivity contribution is 0.146. The van der Waals surface area contributed by atoms with Crippen molar-refractivity contribution in [1.82, 2.24) is 0 Å². The van der Waals surface area contributed by atoms with Gasteiger partial charge in [0.05, 0.1) is 11.6 Å². The van der Waals surface area contributed by atoms with Crippen molar-refractivity contribution in [3.05, 3.63) is 28.3 Å². The van der Waals surface area contributed by atoms with Crippen LogP contribution in [0.3, 0.4) is 0 Å². The van der Waals surface area contributed by atoms with Gasteiger partial charge >= 0.3 is 0 Å². The summed E-state index contributed by atoms with van der Waals surface area (Å²) in [5.74, 6) is 0.712. The van der Waals surface area contributed by atoms with Crippen molar-refractivity contribution in [2.24, 2.45) is 0 Å². The van der Waals surface area contributed by atoms with Crippen LogP contribution in [0, 0.1) is 19.9 Å². The molecule has 1 aromatic carbocycles. The van der Waals surface area contributed by atoms with Gasteiger partial charge in [0.15, 0.2) is 0 Å². The Hall–Kier alpha value is -0.730. The van der Waals surface area contributed by atoms with E-state index in [0.29, 0.717) is 24.0 Å². The van der Waals surface area contributed by atoms with Crippen LogP contribution >= 0.6 is 11.6 Å². The van der Waals surface area contributed by atoms with Gasteiger partial charge in [0.2, 0.25) is 0 Å². The largest absolute Gasteiger partial charge is 0.489 e. The van der Waals surface area contributed by atoms with Gasteiger partial charge < -0.3 is 9.47 Å². The fourth-order valence-electron chi connectivity index (χ4n) is 1.09. The fraction of sp³-hybridized carbons (Fsp3) is 0.455. The molecule has 14 heavy (non-hydrogen) atoms. The van der Waals surface area contributed by atoms with Crippen molar-refractivity contribution in [3.8, 4) is 5.75 Å². The first-order valence-electron chi connectivity index (χ1n) is 4.46. The highest BCUT2D eigenvalue weighted by Crippen LogP contribution is 2.30. The van der Waals surface area contributed by atoms with Gasteiger partial charge in [-0.1, -0.05) is 11.6 Å². The Kier molecular flexibility index (Phi) is 4.23. The lowest BCUT2D eigenvalue weighted by atomic mass is 10.1. The van der Waals surface area contributed by atoms with Crippen LogP contribution in [0.5, 0.6) is 5.75 Å². The Morgan fingerprint density at radius 2 is 2.07 bits per heavy atom. The molecular weight excluding hydrogens is 200 g/mol. The van der Waals surface area contributed by atoms with Gasteiger partial charge in [-0.15, -0.1) is 0 Å². The minimum Gasteiger partial charge on any atom is -0.489 e. The fourth-order valence-corrected chi connectivity index (χ4v) is 1.34. The number of rotatable bonds is 4. The highest BCUT2D eigenvalue weighted by molar-refractivity contribution is 6.32. The Morgan fingerprint density at radius 1 is 1.36 bits per heavy atom. The molecule has 3 heteroatoms. The monoisotopic (exact) mass is 213 g/mol. The molecule has 0 aliphatic rings. The molecule has 0 atom stereocenters. The summed E-state index contributed by atoms with van der Waals surface area (Å²) in [6, 6.07) is 4.95. The van der Waals surface area contributed by atoms with E-state index in [9.17, 15) is 0 Å². The molecule has 2 nitrogen and oxygen atoms in total. The summed E-state index contributed by atoms with van der Waals surface area (Å²) in [7, 11) is 1.64. The van der Waals surface area contributed by atoms with Gasteiger partial charge in [-0.05, 0) is 31.5 Å².